The maximum absolute atomic E-state index is 9.50. The average molecular weight is 180 g/mol. The van der Waals surface area contributed by atoms with Gasteiger partial charge >= 0.3 is 0 Å². The van der Waals surface area contributed by atoms with Gasteiger partial charge in [0.15, 0.2) is 0 Å². The van der Waals surface area contributed by atoms with Crippen LogP contribution >= 0.6 is 0 Å². The summed E-state index contributed by atoms with van der Waals surface area (Å²) in [5, 5.41) is 12.7. The molecule has 0 aromatic carbocycles. The van der Waals surface area contributed by atoms with Crippen LogP contribution in [0.5, 0.6) is 5.75 Å². The van der Waals surface area contributed by atoms with Crippen molar-refractivity contribution in [1.82, 2.24) is 10.3 Å². The van der Waals surface area contributed by atoms with Gasteiger partial charge < -0.3 is 15.2 Å². The Balaban J connectivity index is 2.18. The molecule has 0 unspecified atom stereocenters. The van der Waals surface area contributed by atoms with Gasteiger partial charge in [0.2, 0.25) is 0 Å². The number of aromatic nitrogens is 1. The molecule has 4 nitrogen and oxygen atoms in total. The number of rotatable bonds is 1. The van der Waals surface area contributed by atoms with Crippen LogP contribution < -0.4 is 5.32 Å². The lowest BCUT2D eigenvalue weighted by Gasteiger charge is -2.23. The maximum atomic E-state index is 9.50. The highest BCUT2D eigenvalue weighted by molar-refractivity contribution is 5.28. The number of pyridine rings is 1. The molecule has 1 aliphatic rings. The van der Waals surface area contributed by atoms with Gasteiger partial charge in [0.25, 0.3) is 0 Å². The molecule has 0 bridgehead atoms. The zero-order valence-corrected chi connectivity index (χ0v) is 7.23. The minimum atomic E-state index is 0.0231. The molecule has 2 N–H and O–H groups in total. The minimum Gasteiger partial charge on any atom is -0.506 e. The first-order valence-electron chi connectivity index (χ1n) is 4.33. The van der Waals surface area contributed by atoms with Crippen LogP contribution in [0.25, 0.3) is 0 Å². The second-order valence-corrected chi connectivity index (χ2v) is 2.99. The van der Waals surface area contributed by atoms with Crippen LogP contribution in [0.1, 0.15) is 11.7 Å². The molecular weight excluding hydrogens is 168 g/mol. The van der Waals surface area contributed by atoms with Crippen molar-refractivity contribution in [2.75, 3.05) is 19.8 Å². The van der Waals surface area contributed by atoms with Crippen molar-refractivity contribution >= 4 is 0 Å². The highest BCUT2D eigenvalue weighted by Gasteiger charge is 2.18. The average Bonchev–Trinajstić information content (AvgIpc) is 2.20. The second kappa shape index (κ2) is 3.72. The summed E-state index contributed by atoms with van der Waals surface area (Å²) in [7, 11) is 0. The van der Waals surface area contributed by atoms with E-state index in [4.69, 9.17) is 4.74 Å². The summed E-state index contributed by atoms with van der Waals surface area (Å²) in [5.74, 6) is 0.227. The Morgan fingerprint density at radius 1 is 1.62 bits per heavy atom. The van der Waals surface area contributed by atoms with Crippen LogP contribution in [0.4, 0.5) is 0 Å². The summed E-state index contributed by atoms with van der Waals surface area (Å²) >= 11 is 0. The molecule has 4 heteroatoms. The number of hydrogen-bond acceptors (Lipinski definition) is 4. The highest BCUT2D eigenvalue weighted by Crippen LogP contribution is 2.22. The fourth-order valence-electron chi connectivity index (χ4n) is 1.42. The third-order valence-corrected chi connectivity index (χ3v) is 2.07. The summed E-state index contributed by atoms with van der Waals surface area (Å²) in [5.41, 5.74) is 0.669. The van der Waals surface area contributed by atoms with Crippen molar-refractivity contribution in [2.24, 2.45) is 0 Å². The molecule has 2 heterocycles. The molecule has 13 heavy (non-hydrogen) atoms. The summed E-state index contributed by atoms with van der Waals surface area (Å²) in [6, 6.07) is 3.37. The second-order valence-electron chi connectivity index (χ2n) is 2.99. The van der Waals surface area contributed by atoms with Gasteiger partial charge in [-0.05, 0) is 12.1 Å². The van der Waals surface area contributed by atoms with Gasteiger partial charge in [-0.25, -0.2) is 0 Å². The van der Waals surface area contributed by atoms with Crippen molar-refractivity contribution in [2.45, 2.75) is 6.04 Å². The minimum absolute atomic E-state index is 0.0231. The van der Waals surface area contributed by atoms with E-state index in [1.807, 2.05) is 0 Å². The Morgan fingerprint density at radius 3 is 3.23 bits per heavy atom. The van der Waals surface area contributed by atoms with Gasteiger partial charge in [-0.3, -0.25) is 4.98 Å². The molecule has 1 saturated heterocycles. The van der Waals surface area contributed by atoms with E-state index in [0.717, 1.165) is 13.2 Å². The van der Waals surface area contributed by atoms with E-state index in [2.05, 4.69) is 10.3 Å². The molecule has 1 fully saturated rings. The van der Waals surface area contributed by atoms with E-state index in [1.165, 1.54) is 0 Å². The molecule has 0 radical (unpaired) electrons. The first-order chi connectivity index (χ1) is 6.38. The highest BCUT2D eigenvalue weighted by atomic mass is 16.5. The summed E-state index contributed by atoms with van der Waals surface area (Å²) in [4.78, 5) is 4.11. The summed E-state index contributed by atoms with van der Waals surface area (Å²) in [6.07, 6.45) is 1.67. The fraction of sp³-hybridized carbons (Fsp3) is 0.444. The molecule has 0 saturated carbocycles. The van der Waals surface area contributed by atoms with E-state index in [9.17, 15) is 5.11 Å². The van der Waals surface area contributed by atoms with Gasteiger partial charge in [-0.1, -0.05) is 0 Å². The molecule has 70 valence electrons. The normalized spacial score (nSPS) is 22.9. The Morgan fingerprint density at radius 2 is 2.54 bits per heavy atom. The van der Waals surface area contributed by atoms with Gasteiger partial charge in [-0.2, -0.15) is 0 Å². The fourth-order valence-corrected chi connectivity index (χ4v) is 1.42. The predicted octanol–water partition coefficient (Wildman–Crippen LogP) is 0.448. The SMILES string of the molecule is Oc1cccnc1[C@H]1COCCN1. The first-order valence-corrected chi connectivity index (χ1v) is 4.33. The standard InChI is InChI=1S/C9H12N2O2/c12-8-2-1-3-11-9(8)7-6-13-5-4-10-7/h1-3,7,10,12H,4-6H2/t7-/m1/s1. The predicted molar refractivity (Wildman–Crippen MR) is 47.5 cm³/mol. The molecule has 1 aromatic heterocycles. The van der Waals surface area contributed by atoms with E-state index in [1.54, 1.807) is 18.3 Å². The van der Waals surface area contributed by atoms with E-state index < -0.39 is 0 Å². The summed E-state index contributed by atoms with van der Waals surface area (Å²) in [6.45, 7) is 2.11. The van der Waals surface area contributed by atoms with Crippen LogP contribution in [0.3, 0.4) is 0 Å². The topological polar surface area (TPSA) is 54.4 Å². The third kappa shape index (κ3) is 1.79. The Bertz CT molecular complexity index is 285. The number of morpholine rings is 1. The van der Waals surface area contributed by atoms with Crippen molar-refractivity contribution < 1.29 is 9.84 Å². The van der Waals surface area contributed by atoms with Crippen molar-refractivity contribution in [3.05, 3.63) is 24.0 Å². The molecule has 1 aromatic rings. The maximum Gasteiger partial charge on any atom is 0.138 e. The third-order valence-electron chi connectivity index (χ3n) is 2.07. The molecule has 0 spiro atoms. The number of nitrogens with zero attached hydrogens (tertiary/aromatic N) is 1. The molecule has 0 amide bonds. The van der Waals surface area contributed by atoms with Crippen LogP contribution in [-0.4, -0.2) is 29.8 Å². The lowest BCUT2D eigenvalue weighted by molar-refractivity contribution is 0.0747. The van der Waals surface area contributed by atoms with Gasteiger partial charge in [-0.15, -0.1) is 0 Å². The lowest BCUT2D eigenvalue weighted by atomic mass is 10.1. The monoisotopic (exact) mass is 180 g/mol. The molecule has 1 aliphatic heterocycles. The van der Waals surface area contributed by atoms with E-state index >= 15 is 0 Å². The number of nitrogens with one attached hydrogen (secondary N) is 1. The number of ether oxygens (including phenoxy) is 1. The zero-order chi connectivity index (χ0) is 9.10. The largest absolute Gasteiger partial charge is 0.506 e. The van der Waals surface area contributed by atoms with Crippen molar-refractivity contribution in [3.63, 3.8) is 0 Å². The number of hydrogen-bond donors (Lipinski definition) is 2. The van der Waals surface area contributed by atoms with Crippen molar-refractivity contribution in [3.8, 4) is 5.75 Å². The molecule has 2 rings (SSSR count). The van der Waals surface area contributed by atoms with Crippen LogP contribution in [0.15, 0.2) is 18.3 Å². The Kier molecular flexibility index (Phi) is 2.42. The Labute approximate surface area is 76.6 Å². The molecule has 0 aliphatic carbocycles. The lowest BCUT2D eigenvalue weighted by Crippen LogP contribution is -2.35. The van der Waals surface area contributed by atoms with Crippen LogP contribution in [0, 0.1) is 0 Å². The quantitative estimate of drug-likeness (QED) is 0.658. The van der Waals surface area contributed by atoms with E-state index in [-0.39, 0.29) is 11.8 Å². The Hall–Kier alpha value is -1.13. The smallest absolute Gasteiger partial charge is 0.138 e. The van der Waals surface area contributed by atoms with E-state index in [0.29, 0.717) is 12.3 Å². The summed E-state index contributed by atoms with van der Waals surface area (Å²) < 4.78 is 5.28. The van der Waals surface area contributed by atoms with Crippen LogP contribution in [-0.2, 0) is 4.74 Å². The first kappa shape index (κ1) is 8.47. The van der Waals surface area contributed by atoms with Gasteiger partial charge in [0.05, 0.1) is 19.3 Å². The van der Waals surface area contributed by atoms with Crippen molar-refractivity contribution in [1.29, 1.82) is 0 Å². The zero-order valence-electron chi connectivity index (χ0n) is 7.23. The molecule has 1 atom stereocenters. The molecular formula is C9H12N2O2. The number of aromatic hydroxyl groups is 1. The van der Waals surface area contributed by atoms with Gasteiger partial charge in [0.1, 0.15) is 11.4 Å². The van der Waals surface area contributed by atoms with Crippen LogP contribution in [0.2, 0.25) is 0 Å². The van der Waals surface area contributed by atoms with Gasteiger partial charge in [0, 0.05) is 12.7 Å².